The van der Waals surface area contributed by atoms with E-state index in [1.807, 2.05) is 39.0 Å². The normalized spacial score (nSPS) is 14.4. The standard InChI is InChI=1S/C17H28BrN3O2/c1-12(2)17(6,11-19-15(22)23-16(3,4)5)20-10-13-8-7-9-14(18)21-13/h7-9,12,20H,10-11H2,1-6H3,(H,19,22). The largest absolute Gasteiger partial charge is 0.444 e. The summed E-state index contributed by atoms with van der Waals surface area (Å²) < 4.78 is 6.11. The number of carbonyl (C=O) groups excluding carboxylic acids is 1. The van der Waals surface area contributed by atoms with E-state index in [1.54, 1.807) is 0 Å². The van der Waals surface area contributed by atoms with E-state index in [0.29, 0.717) is 19.0 Å². The Morgan fingerprint density at radius 2 is 1.96 bits per heavy atom. The predicted molar refractivity (Wildman–Crippen MR) is 96.3 cm³/mol. The smallest absolute Gasteiger partial charge is 0.407 e. The van der Waals surface area contributed by atoms with E-state index in [0.717, 1.165) is 10.3 Å². The third-order valence-corrected chi connectivity index (χ3v) is 4.16. The van der Waals surface area contributed by atoms with Crippen molar-refractivity contribution in [3.63, 3.8) is 0 Å². The van der Waals surface area contributed by atoms with Crippen molar-refractivity contribution in [1.29, 1.82) is 0 Å². The molecular formula is C17H28BrN3O2. The lowest BCUT2D eigenvalue weighted by Gasteiger charge is -2.35. The summed E-state index contributed by atoms with van der Waals surface area (Å²) in [6.07, 6.45) is -0.397. The van der Waals surface area contributed by atoms with Crippen molar-refractivity contribution in [1.82, 2.24) is 15.6 Å². The highest BCUT2D eigenvalue weighted by Crippen LogP contribution is 2.17. The number of hydrogen-bond donors (Lipinski definition) is 2. The highest BCUT2D eigenvalue weighted by atomic mass is 79.9. The Morgan fingerprint density at radius 1 is 1.30 bits per heavy atom. The molecule has 0 fully saturated rings. The minimum absolute atomic E-state index is 0.263. The number of halogens is 1. The molecule has 0 spiro atoms. The van der Waals surface area contributed by atoms with Gasteiger partial charge in [0.2, 0.25) is 0 Å². The van der Waals surface area contributed by atoms with Gasteiger partial charge >= 0.3 is 6.09 Å². The first-order chi connectivity index (χ1) is 10.5. The number of rotatable bonds is 6. The Hall–Kier alpha value is -1.14. The van der Waals surface area contributed by atoms with Crippen LogP contribution in [0.15, 0.2) is 22.8 Å². The molecule has 0 saturated carbocycles. The average molecular weight is 386 g/mol. The van der Waals surface area contributed by atoms with Crippen LogP contribution < -0.4 is 10.6 Å². The zero-order valence-corrected chi connectivity index (χ0v) is 16.5. The molecule has 1 amide bonds. The van der Waals surface area contributed by atoms with Gasteiger partial charge < -0.3 is 15.4 Å². The van der Waals surface area contributed by atoms with Crippen molar-refractivity contribution >= 4 is 22.0 Å². The van der Waals surface area contributed by atoms with Crippen LogP contribution in [0.5, 0.6) is 0 Å². The van der Waals surface area contributed by atoms with E-state index in [-0.39, 0.29) is 5.54 Å². The molecule has 1 aromatic heterocycles. The van der Waals surface area contributed by atoms with Crippen LogP contribution in [0.4, 0.5) is 4.79 Å². The van der Waals surface area contributed by atoms with Gasteiger partial charge in [-0.15, -0.1) is 0 Å². The minimum atomic E-state index is -0.494. The van der Waals surface area contributed by atoms with Crippen LogP contribution >= 0.6 is 15.9 Å². The van der Waals surface area contributed by atoms with Crippen LogP contribution in [0.2, 0.25) is 0 Å². The van der Waals surface area contributed by atoms with Gasteiger partial charge in [-0.3, -0.25) is 0 Å². The third kappa shape index (κ3) is 7.31. The molecule has 0 aliphatic heterocycles. The highest BCUT2D eigenvalue weighted by Gasteiger charge is 2.29. The maximum absolute atomic E-state index is 11.9. The van der Waals surface area contributed by atoms with Crippen molar-refractivity contribution in [3.05, 3.63) is 28.5 Å². The molecule has 1 rings (SSSR count). The van der Waals surface area contributed by atoms with Gasteiger partial charge in [0, 0.05) is 18.6 Å². The Morgan fingerprint density at radius 3 is 2.48 bits per heavy atom. The summed E-state index contributed by atoms with van der Waals surface area (Å²) in [5, 5.41) is 6.36. The Bertz CT molecular complexity index is 529. The summed E-state index contributed by atoms with van der Waals surface area (Å²) in [7, 11) is 0. The molecule has 1 aromatic rings. The zero-order valence-electron chi connectivity index (χ0n) is 14.9. The number of pyridine rings is 1. The van der Waals surface area contributed by atoms with Gasteiger partial charge in [-0.2, -0.15) is 0 Å². The van der Waals surface area contributed by atoms with Crippen LogP contribution in [0, 0.1) is 5.92 Å². The minimum Gasteiger partial charge on any atom is -0.444 e. The number of alkyl carbamates (subject to hydrolysis) is 1. The van der Waals surface area contributed by atoms with Gasteiger partial charge in [-0.25, -0.2) is 9.78 Å². The van der Waals surface area contributed by atoms with Crippen molar-refractivity contribution in [2.24, 2.45) is 5.92 Å². The summed E-state index contributed by atoms with van der Waals surface area (Å²) in [6, 6.07) is 5.83. The second kappa shape index (κ2) is 8.11. The molecule has 0 bridgehead atoms. The van der Waals surface area contributed by atoms with E-state index < -0.39 is 11.7 Å². The molecule has 0 aliphatic rings. The molecule has 0 saturated heterocycles. The molecule has 0 radical (unpaired) electrons. The first-order valence-electron chi connectivity index (χ1n) is 7.85. The number of nitrogens with one attached hydrogen (secondary N) is 2. The van der Waals surface area contributed by atoms with E-state index in [1.165, 1.54) is 0 Å². The van der Waals surface area contributed by atoms with Crippen molar-refractivity contribution in [2.75, 3.05) is 6.54 Å². The van der Waals surface area contributed by atoms with Gasteiger partial charge in [-0.05, 0) is 61.7 Å². The van der Waals surface area contributed by atoms with Crippen molar-refractivity contribution in [3.8, 4) is 0 Å². The fourth-order valence-corrected chi connectivity index (χ4v) is 2.26. The second-order valence-corrected chi connectivity index (χ2v) is 8.05. The van der Waals surface area contributed by atoms with E-state index in [2.05, 4.69) is 52.3 Å². The average Bonchev–Trinajstić information content (AvgIpc) is 2.41. The quantitative estimate of drug-likeness (QED) is 0.729. The van der Waals surface area contributed by atoms with Gasteiger partial charge in [0.1, 0.15) is 10.2 Å². The molecule has 1 unspecified atom stereocenters. The Kier molecular flexibility index (Phi) is 7.02. The number of aromatic nitrogens is 1. The van der Waals surface area contributed by atoms with E-state index in [4.69, 9.17) is 4.74 Å². The van der Waals surface area contributed by atoms with Crippen LogP contribution in [0.25, 0.3) is 0 Å². The van der Waals surface area contributed by atoms with Crippen molar-refractivity contribution < 1.29 is 9.53 Å². The molecule has 0 aromatic carbocycles. The lowest BCUT2D eigenvalue weighted by atomic mass is 9.88. The number of ether oxygens (including phenoxy) is 1. The van der Waals surface area contributed by atoms with Crippen molar-refractivity contribution in [2.45, 2.75) is 59.2 Å². The number of amides is 1. The van der Waals surface area contributed by atoms with Gasteiger partial charge in [0.05, 0.1) is 5.69 Å². The molecule has 1 atom stereocenters. The fourth-order valence-electron chi connectivity index (χ4n) is 1.88. The van der Waals surface area contributed by atoms with Crippen LogP contribution in [0.3, 0.4) is 0 Å². The first kappa shape index (κ1) is 19.9. The predicted octanol–water partition coefficient (Wildman–Crippen LogP) is 3.87. The number of nitrogens with zero attached hydrogens (tertiary/aromatic N) is 1. The molecule has 1 heterocycles. The molecule has 2 N–H and O–H groups in total. The lowest BCUT2D eigenvalue weighted by molar-refractivity contribution is 0.0503. The maximum Gasteiger partial charge on any atom is 0.407 e. The summed E-state index contributed by atoms with van der Waals surface area (Å²) >= 11 is 3.38. The maximum atomic E-state index is 11.9. The van der Waals surface area contributed by atoms with Gasteiger partial charge in [-0.1, -0.05) is 19.9 Å². The van der Waals surface area contributed by atoms with E-state index >= 15 is 0 Å². The molecule has 5 nitrogen and oxygen atoms in total. The summed E-state index contributed by atoms with van der Waals surface area (Å²) in [6.45, 7) is 13.0. The van der Waals surface area contributed by atoms with Gasteiger partial charge in [0.15, 0.2) is 0 Å². The van der Waals surface area contributed by atoms with E-state index in [9.17, 15) is 4.79 Å². The summed E-state index contributed by atoms with van der Waals surface area (Å²) in [5.74, 6) is 0.324. The SMILES string of the molecule is CC(C)C(C)(CNC(=O)OC(C)(C)C)NCc1cccc(Br)n1. The fraction of sp³-hybridized carbons (Fsp3) is 0.647. The molecule has 130 valence electrons. The van der Waals surface area contributed by atoms with Crippen LogP contribution in [-0.4, -0.2) is 28.8 Å². The lowest BCUT2D eigenvalue weighted by Crippen LogP contribution is -2.55. The monoisotopic (exact) mass is 385 g/mol. The van der Waals surface area contributed by atoms with Crippen LogP contribution in [-0.2, 0) is 11.3 Å². The molecule has 23 heavy (non-hydrogen) atoms. The molecular weight excluding hydrogens is 358 g/mol. The summed E-state index contributed by atoms with van der Waals surface area (Å²) in [4.78, 5) is 16.3. The first-order valence-corrected chi connectivity index (χ1v) is 8.64. The Balaban J connectivity index is 2.62. The second-order valence-electron chi connectivity index (χ2n) is 7.23. The molecule has 6 heteroatoms. The number of hydrogen-bond acceptors (Lipinski definition) is 4. The zero-order chi connectivity index (χ0) is 17.7. The van der Waals surface area contributed by atoms with Gasteiger partial charge in [0.25, 0.3) is 0 Å². The third-order valence-electron chi connectivity index (χ3n) is 3.72. The Labute approximate surface area is 147 Å². The summed E-state index contributed by atoms with van der Waals surface area (Å²) in [5.41, 5.74) is 0.191. The molecule has 0 aliphatic carbocycles. The topological polar surface area (TPSA) is 63.2 Å². The van der Waals surface area contributed by atoms with Crippen LogP contribution in [0.1, 0.15) is 47.2 Å². The number of carbonyl (C=O) groups is 1. The highest BCUT2D eigenvalue weighted by molar-refractivity contribution is 9.10.